The van der Waals surface area contributed by atoms with Crippen LogP contribution in [0.5, 0.6) is 0 Å². The molecule has 0 spiro atoms. The number of carbonyl (C=O) groups is 1. The predicted molar refractivity (Wildman–Crippen MR) is 104 cm³/mol. The van der Waals surface area contributed by atoms with E-state index in [2.05, 4.69) is 45.6 Å². The summed E-state index contributed by atoms with van der Waals surface area (Å²) in [5.74, 6) is 2.78. The largest absolute Gasteiger partial charge is 0.338 e. The zero-order valence-corrected chi connectivity index (χ0v) is 16.6. The summed E-state index contributed by atoms with van der Waals surface area (Å²) in [5.41, 5.74) is 1.62. The molecule has 2 N–H and O–H groups in total. The van der Waals surface area contributed by atoms with Crippen LogP contribution in [0, 0.1) is 23.2 Å². The van der Waals surface area contributed by atoms with Crippen molar-refractivity contribution in [2.75, 3.05) is 6.54 Å². The van der Waals surface area contributed by atoms with E-state index in [-0.39, 0.29) is 12.1 Å². The Morgan fingerprint density at radius 3 is 2.24 bits per heavy atom. The molecule has 4 aliphatic rings. The number of urea groups is 1. The lowest BCUT2D eigenvalue weighted by Gasteiger charge is -2.59. The summed E-state index contributed by atoms with van der Waals surface area (Å²) in [6.45, 7) is 2.92. The van der Waals surface area contributed by atoms with Gasteiger partial charge in [0.05, 0.1) is 0 Å². The first kappa shape index (κ1) is 17.4. The zero-order chi connectivity index (χ0) is 17.4. The summed E-state index contributed by atoms with van der Waals surface area (Å²) in [6, 6.07) is 8.58. The molecule has 1 aromatic rings. The number of carbonyl (C=O) groups excluding carboxylic acids is 1. The van der Waals surface area contributed by atoms with Crippen molar-refractivity contribution in [2.45, 2.75) is 57.9 Å². The third-order valence-corrected chi connectivity index (χ3v) is 7.49. The van der Waals surface area contributed by atoms with Crippen molar-refractivity contribution in [3.8, 4) is 0 Å². The molecule has 4 fully saturated rings. The minimum Gasteiger partial charge on any atom is -0.338 e. The van der Waals surface area contributed by atoms with Crippen molar-refractivity contribution in [2.24, 2.45) is 23.2 Å². The molecule has 4 saturated carbocycles. The van der Waals surface area contributed by atoms with E-state index < -0.39 is 0 Å². The van der Waals surface area contributed by atoms with E-state index in [1.165, 1.54) is 44.1 Å². The summed E-state index contributed by atoms with van der Waals surface area (Å²) in [5, 5.41) is 6.32. The van der Waals surface area contributed by atoms with E-state index in [4.69, 9.17) is 0 Å². The van der Waals surface area contributed by atoms with Crippen LogP contribution in [0.4, 0.5) is 4.79 Å². The van der Waals surface area contributed by atoms with Crippen LogP contribution in [0.1, 0.15) is 51.0 Å². The van der Waals surface area contributed by atoms with Gasteiger partial charge in [-0.1, -0.05) is 28.1 Å². The van der Waals surface area contributed by atoms with Crippen LogP contribution in [0.25, 0.3) is 0 Å². The molecule has 0 aliphatic heterocycles. The fraction of sp³-hybridized carbons (Fsp3) is 0.667. The van der Waals surface area contributed by atoms with Crippen molar-refractivity contribution in [3.63, 3.8) is 0 Å². The first-order valence-electron chi connectivity index (χ1n) is 9.81. The van der Waals surface area contributed by atoms with Gasteiger partial charge in [-0.25, -0.2) is 4.79 Å². The third kappa shape index (κ3) is 3.74. The van der Waals surface area contributed by atoms with E-state index in [0.717, 1.165) is 28.6 Å². The minimum atomic E-state index is 0.000331. The highest BCUT2D eigenvalue weighted by atomic mass is 79.9. The van der Waals surface area contributed by atoms with E-state index in [0.29, 0.717) is 12.0 Å². The molecule has 0 saturated heterocycles. The van der Waals surface area contributed by atoms with Crippen molar-refractivity contribution in [1.82, 2.24) is 10.6 Å². The number of amides is 2. The van der Waals surface area contributed by atoms with Gasteiger partial charge in [-0.05, 0) is 92.7 Å². The standard InChI is InChI=1S/C21H29BrN2O/c1-14(21-11-16-8-17(12-21)10-18(9-16)13-21)24-20(25)23-7-6-15-2-4-19(22)5-3-15/h2-5,14,16-18H,6-13H2,1H3,(H2,23,24,25). The second kappa shape index (κ2) is 6.94. The molecule has 1 unspecified atom stereocenters. The van der Waals surface area contributed by atoms with Gasteiger partial charge in [0.1, 0.15) is 0 Å². The molecule has 0 aromatic heterocycles. The molecule has 4 bridgehead atoms. The number of hydrogen-bond donors (Lipinski definition) is 2. The second-order valence-electron chi connectivity index (χ2n) is 8.78. The van der Waals surface area contributed by atoms with E-state index in [1.54, 1.807) is 0 Å². The van der Waals surface area contributed by atoms with E-state index in [9.17, 15) is 4.79 Å². The minimum absolute atomic E-state index is 0.000331. The first-order valence-corrected chi connectivity index (χ1v) is 10.6. The number of nitrogens with one attached hydrogen (secondary N) is 2. The summed E-state index contributed by atoms with van der Waals surface area (Å²) >= 11 is 3.45. The van der Waals surface area contributed by atoms with Gasteiger partial charge >= 0.3 is 6.03 Å². The predicted octanol–water partition coefficient (Wildman–Crippen LogP) is 4.90. The molecule has 3 nitrogen and oxygen atoms in total. The molecule has 4 aliphatic carbocycles. The Morgan fingerprint density at radius 1 is 1.12 bits per heavy atom. The highest BCUT2D eigenvalue weighted by Gasteiger charge is 2.53. The Kier molecular flexibility index (Phi) is 4.83. The van der Waals surface area contributed by atoms with Gasteiger partial charge in [0.2, 0.25) is 0 Å². The fourth-order valence-corrected chi connectivity index (χ4v) is 6.34. The van der Waals surface area contributed by atoms with Gasteiger partial charge in [-0.3, -0.25) is 0 Å². The van der Waals surface area contributed by atoms with Crippen molar-refractivity contribution >= 4 is 22.0 Å². The van der Waals surface area contributed by atoms with E-state index in [1.807, 2.05) is 12.1 Å². The summed E-state index contributed by atoms with van der Waals surface area (Å²) < 4.78 is 1.09. The Balaban J connectivity index is 1.27. The molecule has 0 radical (unpaired) electrons. The number of benzene rings is 1. The number of rotatable bonds is 5. The number of halogens is 1. The quantitative estimate of drug-likeness (QED) is 0.719. The zero-order valence-electron chi connectivity index (χ0n) is 15.1. The molecule has 4 heteroatoms. The Hall–Kier alpha value is -1.03. The SMILES string of the molecule is CC(NC(=O)NCCc1ccc(Br)cc1)C12CC3CC(CC(C3)C1)C2. The maximum Gasteiger partial charge on any atom is 0.315 e. The molecule has 25 heavy (non-hydrogen) atoms. The van der Waals surface area contributed by atoms with Gasteiger partial charge in [0.25, 0.3) is 0 Å². The average molecular weight is 405 g/mol. The van der Waals surface area contributed by atoms with Crippen LogP contribution in [0.2, 0.25) is 0 Å². The summed E-state index contributed by atoms with van der Waals surface area (Å²) in [4.78, 5) is 12.4. The van der Waals surface area contributed by atoms with E-state index >= 15 is 0 Å². The lowest BCUT2D eigenvalue weighted by atomic mass is 9.48. The monoisotopic (exact) mass is 404 g/mol. The van der Waals surface area contributed by atoms with Crippen LogP contribution < -0.4 is 10.6 Å². The second-order valence-corrected chi connectivity index (χ2v) is 9.69. The van der Waals surface area contributed by atoms with Crippen molar-refractivity contribution < 1.29 is 4.79 Å². The normalized spacial score (nSPS) is 33.9. The third-order valence-electron chi connectivity index (χ3n) is 6.96. The molecule has 5 rings (SSSR count). The Labute approximate surface area is 159 Å². The average Bonchev–Trinajstić information content (AvgIpc) is 2.55. The Morgan fingerprint density at radius 2 is 1.68 bits per heavy atom. The topological polar surface area (TPSA) is 41.1 Å². The highest BCUT2D eigenvalue weighted by Crippen LogP contribution is 2.61. The van der Waals surface area contributed by atoms with Gasteiger partial charge in [-0.15, -0.1) is 0 Å². The van der Waals surface area contributed by atoms with Crippen molar-refractivity contribution in [1.29, 1.82) is 0 Å². The molecule has 1 aromatic carbocycles. The molecule has 136 valence electrons. The van der Waals surface area contributed by atoms with Gasteiger partial charge in [-0.2, -0.15) is 0 Å². The van der Waals surface area contributed by atoms with Gasteiger partial charge in [0.15, 0.2) is 0 Å². The van der Waals surface area contributed by atoms with Crippen molar-refractivity contribution in [3.05, 3.63) is 34.3 Å². The highest BCUT2D eigenvalue weighted by molar-refractivity contribution is 9.10. The smallest absolute Gasteiger partial charge is 0.315 e. The molecular weight excluding hydrogens is 376 g/mol. The number of hydrogen-bond acceptors (Lipinski definition) is 1. The molecule has 2 amide bonds. The summed E-state index contributed by atoms with van der Waals surface area (Å²) in [6.07, 6.45) is 9.21. The van der Waals surface area contributed by atoms with Gasteiger partial charge in [0, 0.05) is 17.1 Å². The molecule has 0 heterocycles. The van der Waals surface area contributed by atoms with Crippen LogP contribution in [0.15, 0.2) is 28.7 Å². The maximum atomic E-state index is 12.4. The summed E-state index contributed by atoms with van der Waals surface area (Å²) in [7, 11) is 0. The maximum absolute atomic E-state index is 12.4. The Bertz CT molecular complexity index is 592. The molecular formula is C21H29BrN2O. The van der Waals surface area contributed by atoms with Crippen LogP contribution >= 0.6 is 15.9 Å². The van der Waals surface area contributed by atoms with Gasteiger partial charge < -0.3 is 10.6 Å². The molecule has 1 atom stereocenters. The van der Waals surface area contributed by atoms with Crippen LogP contribution in [0.3, 0.4) is 0 Å². The van der Waals surface area contributed by atoms with Crippen LogP contribution in [-0.2, 0) is 6.42 Å². The lowest BCUT2D eigenvalue weighted by Crippen LogP contribution is -2.57. The fourth-order valence-electron chi connectivity index (χ4n) is 6.08. The lowest BCUT2D eigenvalue weighted by molar-refractivity contribution is -0.0682. The first-order chi connectivity index (χ1) is 12.0. The van der Waals surface area contributed by atoms with Crippen LogP contribution in [-0.4, -0.2) is 18.6 Å².